The highest BCUT2D eigenvalue weighted by molar-refractivity contribution is 7.99. The molecule has 92 valence electrons. The molecule has 0 bridgehead atoms. The molecule has 0 atom stereocenters. The zero-order chi connectivity index (χ0) is 12.1. The Morgan fingerprint density at radius 2 is 1.94 bits per heavy atom. The van der Waals surface area contributed by atoms with Crippen LogP contribution in [0.25, 0.3) is 0 Å². The molecular formula is C13H19BO2S. The van der Waals surface area contributed by atoms with Crippen LogP contribution >= 0.6 is 11.8 Å². The van der Waals surface area contributed by atoms with Gasteiger partial charge in [-0.2, -0.15) is 11.8 Å². The number of benzene rings is 1. The van der Waals surface area contributed by atoms with Crippen LogP contribution in [0, 0.1) is 0 Å². The van der Waals surface area contributed by atoms with E-state index in [1.807, 2.05) is 23.9 Å². The first kappa shape index (κ1) is 13.0. The molecular weight excluding hydrogens is 231 g/mol. The maximum atomic E-state index is 9.11. The van der Waals surface area contributed by atoms with E-state index in [4.69, 9.17) is 10.0 Å². The summed E-state index contributed by atoms with van der Waals surface area (Å²) in [4.78, 5) is 0. The molecule has 0 spiro atoms. The molecule has 2 rings (SSSR count). The normalized spacial score (nSPS) is 17.1. The molecule has 1 saturated carbocycles. The lowest BCUT2D eigenvalue weighted by Crippen LogP contribution is -2.29. The van der Waals surface area contributed by atoms with Crippen LogP contribution in [0.1, 0.15) is 37.7 Å². The maximum absolute atomic E-state index is 9.11. The largest absolute Gasteiger partial charge is 0.488 e. The summed E-state index contributed by atoms with van der Waals surface area (Å²) in [7, 11) is -1.35. The standard InChI is InChI=1S/C13H19BO2S/c15-14(16)12-6-4-5-11(9-12)10-17-13-7-2-1-3-8-13/h4-6,9,13,15-16H,1-3,7-8,10H2. The van der Waals surface area contributed by atoms with Crippen molar-refractivity contribution in [2.75, 3.05) is 0 Å². The fraction of sp³-hybridized carbons (Fsp3) is 0.538. The van der Waals surface area contributed by atoms with Gasteiger partial charge in [0.25, 0.3) is 0 Å². The topological polar surface area (TPSA) is 40.5 Å². The van der Waals surface area contributed by atoms with Crippen LogP contribution in [-0.4, -0.2) is 22.4 Å². The van der Waals surface area contributed by atoms with E-state index in [-0.39, 0.29) is 0 Å². The first-order chi connectivity index (χ1) is 8.25. The summed E-state index contributed by atoms with van der Waals surface area (Å²) in [6, 6.07) is 7.59. The quantitative estimate of drug-likeness (QED) is 0.802. The summed E-state index contributed by atoms with van der Waals surface area (Å²) >= 11 is 2.01. The molecule has 0 amide bonds. The van der Waals surface area contributed by atoms with Gasteiger partial charge in [0.1, 0.15) is 0 Å². The van der Waals surface area contributed by atoms with Gasteiger partial charge in [0.15, 0.2) is 0 Å². The van der Waals surface area contributed by atoms with Crippen molar-refractivity contribution in [3.8, 4) is 0 Å². The Labute approximate surface area is 108 Å². The number of hydrogen-bond acceptors (Lipinski definition) is 3. The van der Waals surface area contributed by atoms with Crippen LogP contribution in [-0.2, 0) is 5.75 Å². The molecule has 2 nitrogen and oxygen atoms in total. The van der Waals surface area contributed by atoms with Gasteiger partial charge in [-0.05, 0) is 23.9 Å². The highest BCUT2D eigenvalue weighted by atomic mass is 32.2. The highest BCUT2D eigenvalue weighted by Gasteiger charge is 2.14. The van der Waals surface area contributed by atoms with Crippen molar-refractivity contribution >= 4 is 24.3 Å². The molecule has 0 heterocycles. The first-order valence-electron chi connectivity index (χ1n) is 6.32. The lowest BCUT2D eigenvalue weighted by Gasteiger charge is -2.21. The van der Waals surface area contributed by atoms with Gasteiger partial charge >= 0.3 is 7.12 Å². The second-order valence-electron chi connectivity index (χ2n) is 4.69. The molecule has 0 radical (unpaired) electrons. The summed E-state index contributed by atoms with van der Waals surface area (Å²) in [5.74, 6) is 0.977. The van der Waals surface area contributed by atoms with Crippen LogP contribution in [0.3, 0.4) is 0 Å². The third-order valence-corrected chi connectivity index (χ3v) is 4.73. The first-order valence-corrected chi connectivity index (χ1v) is 7.37. The second kappa shape index (κ2) is 6.48. The van der Waals surface area contributed by atoms with Gasteiger partial charge < -0.3 is 10.0 Å². The zero-order valence-electron chi connectivity index (χ0n) is 10.0. The summed E-state index contributed by atoms with van der Waals surface area (Å²) < 4.78 is 0. The van der Waals surface area contributed by atoms with Crippen molar-refractivity contribution in [1.82, 2.24) is 0 Å². The van der Waals surface area contributed by atoms with Crippen molar-refractivity contribution in [3.63, 3.8) is 0 Å². The van der Waals surface area contributed by atoms with Crippen molar-refractivity contribution < 1.29 is 10.0 Å². The van der Waals surface area contributed by atoms with E-state index < -0.39 is 7.12 Å². The summed E-state index contributed by atoms with van der Waals surface area (Å²) in [6.45, 7) is 0. The summed E-state index contributed by atoms with van der Waals surface area (Å²) in [5, 5.41) is 19.0. The minimum Gasteiger partial charge on any atom is -0.423 e. The third-order valence-electron chi connectivity index (χ3n) is 3.29. The minimum atomic E-state index is -1.35. The van der Waals surface area contributed by atoms with Gasteiger partial charge in [-0.3, -0.25) is 0 Å². The van der Waals surface area contributed by atoms with Crippen LogP contribution in [0.2, 0.25) is 0 Å². The van der Waals surface area contributed by atoms with Crippen LogP contribution < -0.4 is 5.46 Å². The molecule has 4 heteroatoms. The molecule has 1 aliphatic rings. The Bertz CT molecular complexity index is 351. The minimum absolute atomic E-state index is 0.590. The molecule has 0 aromatic heterocycles. The monoisotopic (exact) mass is 250 g/mol. The average molecular weight is 250 g/mol. The van der Waals surface area contributed by atoms with Gasteiger partial charge in [-0.15, -0.1) is 0 Å². The van der Waals surface area contributed by atoms with Gasteiger partial charge in [0.05, 0.1) is 0 Å². The summed E-state index contributed by atoms with van der Waals surface area (Å²) in [6.07, 6.45) is 6.81. The van der Waals surface area contributed by atoms with E-state index in [2.05, 4.69) is 6.07 Å². The number of rotatable bonds is 4. The molecule has 1 fully saturated rings. The fourth-order valence-electron chi connectivity index (χ4n) is 2.29. The second-order valence-corrected chi connectivity index (χ2v) is 5.98. The predicted octanol–water partition coefficient (Wildman–Crippen LogP) is 1.93. The van der Waals surface area contributed by atoms with Crippen LogP contribution in [0.4, 0.5) is 0 Å². The van der Waals surface area contributed by atoms with E-state index in [1.165, 1.54) is 37.7 Å². The van der Waals surface area contributed by atoms with E-state index in [1.54, 1.807) is 6.07 Å². The molecule has 1 aromatic carbocycles. The van der Waals surface area contributed by atoms with E-state index in [9.17, 15) is 0 Å². The van der Waals surface area contributed by atoms with Crippen molar-refractivity contribution in [2.45, 2.75) is 43.1 Å². The Kier molecular flexibility index (Phi) is 4.95. The average Bonchev–Trinajstić information content (AvgIpc) is 2.38. The Morgan fingerprint density at radius 1 is 1.18 bits per heavy atom. The van der Waals surface area contributed by atoms with Gasteiger partial charge in [0, 0.05) is 11.0 Å². The number of thioether (sulfide) groups is 1. The molecule has 0 saturated heterocycles. The molecule has 1 aromatic rings. The van der Waals surface area contributed by atoms with Gasteiger partial charge in [-0.1, -0.05) is 43.5 Å². The molecule has 2 N–H and O–H groups in total. The molecule has 0 unspecified atom stereocenters. The number of hydrogen-bond donors (Lipinski definition) is 2. The third kappa shape index (κ3) is 4.05. The predicted molar refractivity (Wildman–Crippen MR) is 74.4 cm³/mol. The van der Waals surface area contributed by atoms with E-state index in [0.29, 0.717) is 5.46 Å². The van der Waals surface area contributed by atoms with Gasteiger partial charge in [0.2, 0.25) is 0 Å². The van der Waals surface area contributed by atoms with E-state index >= 15 is 0 Å². The van der Waals surface area contributed by atoms with E-state index in [0.717, 1.165) is 11.0 Å². The SMILES string of the molecule is OB(O)c1cccc(CSC2CCCCC2)c1. The fourth-order valence-corrected chi connectivity index (χ4v) is 3.56. The Hall–Kier alpha value is -0.445. The Balaban J connectivity index is 1.87. The highest BCUT2D eigenvalue weighted by Crippen LogP contribution is 2.30. The molecule has 17 heavy (non-hydrogen) atoms. The molecule has 1 aliphatic carbocycles. The lowest BCUT2D eigenvalue weighted by atomic mass is 9.80. The van der Waals surface area contributed by atoms with Crippen molar-refractivity contribution in [2.24, 2.45) is 0 Å². The van der Waals surface area contributed by atoms with Crippen LogP contribution in [0.5, 0.6) is 0 Å². The lowest BCUT2D eigenvalue weighted by molar-refractivity contribution is 0.425. The summed E-state index contributed by atoms with van der Waals surface area (Å²) in [5.41, 5.74) is 1.78. The van der Waals surface area contributed by atoms with Crippen molar-refractivity contribution in [3.05, 3.63) is 29.8 Å². The van der Waals surface area contributed by atoms with Gasteiger partial charge in [-0.25, -0.2) is 0 Å². The smallest absolute Gasteiger partial charge is 0.423 e. The zero-order valence-corrected chi connectivity index (χ0v) is 10.8. The maximum Gasteiger partial charge on any atom is 0.488 e. The van der Waals surface area contributed by atoms with Crippen LogP contribution in [0.15, 0.2) is 24.3 Å². The van der Waals surface area contributed by atoms with Crippen molar-refractivity contribution in [1.29, 1.82) is 0 Å². The Morgan fingerprint density at radius 3 is 2.65 bits per heavy atom. The molecule has 0 aliphatic heterocycles.